The van der Waals surface area contributed by atoms with E-state index in [1.54, 1.807) is 12.1 Å². The molecule has 2 aliphatic carbocycles. The van der Waals surface area contributed by atoms with E-state index in [1.807, 2.05) is 25.1 Å². The number of fused-ring (bicyclic) bond motifs is 2. The van der Waals surface area contributed by atoms with Crippen LogP contribution < -0.4 is 74.6 Å². The monoisotopic (exact) mass is 748 g/mol. The molecule has 4 nitrogen and oxygen atoms in total. The summed E-state index contributed by atoms with van der Waals surface area (Å²) in [7, 11) is -1.87. The van der Waals surface area contributed by atoms with Gasteiger partial charge in [0.1, 0.15) is 0 Å². The first-order valence-electron chi connectivity index (χ1n) is 15.1. The molecule has 0 saturated carbocycles. The van der Waals surface area contributed by atoms with Crippen molar-refractivity contribution in [3.63, 3.8) is 0 Å². The van der Waals surface area contributed by atoms with E-state index in [9.17, 15) is 10.0 Å². The molecule has 0 unspecified atom stereocenters. The predicted molar refractivity (Wildman–Crippen MR) is 191 cm³/mol. The normalized spacial score (nSPS) is 18.4. The Morgan fingerprint density at radius 1 is 0.689 bits per heavy atom. The van der Waals surface area contributed by atoms with Gasteiger partial charge in [-0.25, -0.2) is 0 Å². The van der Waals surface area contributed by atoms with Crippen molar-refractivity contribution < 1.29 is 79.4 Å². The van der Waals surface area contributed by atoms with Crippen LogP contribution in [-0.2, 0) is 21.7 Å². The Kier molecular flexibility index (Phi) is 20.8. The summed E-state index contributed by atoms with van der Waals surface area (Å²) < 4.78 is 1.13. The van der Waals surface area contributed by atoms with Gasteiger partial charge in [0.15, 0.2) is 0 Å². The minimum atomic E-state index is -1.87. The molecule has 0 bridgehead atoms. The summed E-state index contributed by atoms with van der Waals surface area (Å²) in [6.07, 6.45) is 8.35. The molecule has 0 amide bonds. The minimum absolute atomic E-state index is 0. The zero-order valence-corrected chi connectivity index (χ0v) is 35.7. The van der Waals surface area contributed by atoms with Gasteiger partial charge in [-0.15, -0.1) is 5.46 Å². The molecule has 2 aromatic carbocycles. The van der Waals surface area contributed by atoms with E-state index in [0.29, 0.717) is 5.46 Å². The molecule has 4 rings (SSSR count). The number of halogens is 1. The van der Waals surface area contributed by atoms with Crippen LogP contribution in [0.2, 0.25) is 0 Å². The zero-order chi connectivity index (χ0) is 32.1. The molecule has 240 valence electrons. The summed E-state index contributed by atoms with van der Waals surface area (Å²) in [6.45, 7) is 22.5. The molecule has 45 heavy (non-hydrogen) atoms. The Hall–Kier alpha value is 0.555. The maximum absolute atomic E-state index is 11.0. The van der Waals surface area contributed by atoms with E-state index in [0.717, 1.165) is 22.0 Å². The van der Waals surface area contributed by atoms with E-state index < -0.39 is 7.12 Å². The summed E-state index contributed by atoms with van der Waals surface area (Å²) in [6, 6.07) is 12.3. The average molecular weight is 749 g/mol. The topological polar surface area (TPSA) is 86.6 Å². The number of rotatable bonds is 4. The van der Waals surface area contributed by atoms with Gasteiger partial charge in [0.2, 0.25) is 0 Å². The van der Waals surface area contributed by atoms with Crippen molar-refractivity contribution in [2.75, 3.05) is 13.2 Å². The number of aliphatic hydroxyl groups excluding tert-OH is 2. The van der Waals surface area contributed by atoms with Gasteiger partial charge in [0, 0.05) is 0 Å². The Morgan fingerprint density at radius 3 is 1.42 bits per heavy atom. The number of hydrogen-bond acceptors (Lipinski definition) is 4. The first-order chi connectivity index (χ1) is 19.3. The van der Waals surface area contributed by atoms with Gasteiger partial charge in [-0.2, -0.15) is 0 Å². The van der Waals surface area contributed by atoms with Crippen LogP contribution in [0, 0.1) is 0 Å². The Bertz CT molecular complexity index is 1280. The van der Waals surface area contributed by atoms with Gasteiger partial charge in [-0.1, -0.05) is 118 Å². The van der Waals surface area contributed by atoms with Crippen molar-refractivity contribution in [2.45, 2.75) is 124 Å². The number of aliphatic hydroxyl groups is 2. The maximum atomic E-state index is 11.0. The van der Waals surface area contributed by atoms with E-state index in [-0.39, 0.29) is 101 Å². The summed E-state index contributed by atoms with van der Waals surface area (Å²) in [5.74, 6) is 0. The second-order valence-corrected chi connectivity index (χ2v) is 16.2. The van der Waals surface area contributed by atoms with Crippen molar-refractivity contribution in [2.24, 2.45) is 0 Å². The second-order valence-electron chi connectivity index (χ2n) is 14.5. The third-order valence-electron chi connectivity index (χ3n) is 9.23. The van der Waals surface area contributed by atoms with Gasteiger partial charge in [-0.3, -0.25) is 0 Å². The minimum Gasteiger partial charge on any atom is -0.889 e. The molecular formula is C37H56BINa2O4. The van der Waals surface area contributed by atoms with Crippen molar-refractivity contribution in [1.82, 2.24) is 0 Å². The fraction of sp³-hybridized carbons (Fsp3) is 0.568. The van der Waals surface area contributed by atoms with Crippen LogP contribution in [0.1, 0.15) is 130 Å². The molecule has 2 aromatic rings. The van der Waals surface area contributed by atoms with Crippen LogP contribution in [0.3, 0.4) is 0 Å². The van der Waals surface area contributed by atoms with E-state index >= 15 is 0 Å². The van der Waals surface area contributed by atoms with Gasteiger partial charge in [-0.05, 0) is 121 Å². The van der Waals surface area contributed by atoms with Gasteiger partial charge >= 0.3 is 59.1 Å². The summed E-state index contributed by atoms with van der Waals surface area (Å²) in [4.78, 5) is 0. The molecule has 0 heterocycles. The van der Waals surface area contributed by atoms with E-state index in [1.165, 1.54) is 40.7 Å². The van der Waals surface area contributed by atoms with Crippen LogP contribution in [0.25, 0.3) is 5.57 Å². The van der Waals surface area contributed by atoms with Crippen LogP contribution in [0.5, 0.6) is 0 Å². The number of allylic oxidation sites excluding steroid dienone is 2. The van der Waals surface area contributed by atoms with Gasteiger partial charge < -0.3 is 20.3 Å². The maximum Gasteiger partial charge on any atom is 1.00 e. The quantitative estimate of drug-likeness (QED) is 0.359. The SMILES string of the molecule is C.C/C(=C/CO)c1ccc2c(c1)C(C)(C)CCC2(C)C.C/C(I)=C/CO.CC1(C)CCC(C)(C)c2cc(B([O-])[O-])ccc21.[Na+].[Na+]. The summed E-state index contributed by atoms with van der Waals surface area (Å²) in [5.41, 5.74) is 8.94. The van der Waals surface area contributed by atoms with Crippen molar-refractivity contribution in [1.29, 1.82) is 0 Å². The third kappa shape index (κ3) is 13.1. The smallest absolute Gasteiger partial charge is 0.889 e. The first-order valence-corrected chi connectivity index (χ1v) is 16.2. The third-order valence-corrected chi connectivity index (χ3v) is 9.67. The van der Waals surface area contributed by atoms with Gasteiger partial charge in [0.05, 0.1) is 13.2 Å². The standard InChI is InChI=1S/C18H26O.C14H19BO2.C4H7IO.CH4.2Na/c1-13(8-11-19)14-6-7-15-16(12-14)18(4,5)10-9-17(15,2)3;1-13(2)7-8-14(3,4)12-9-10(15(16)17)5-6-11(12)13;1-4(5)2-3-6;;;/h6-8,12,19H,9-11H2,1-5H3;5-6,9H,7-8H2,1-4H3;2,6H,3H2,1H3;1H4;;/q;-2;;;2*+1/b13-8-;;4-2-;;;. The van der Waals surface area contributed by atoms with Crippen molar-refractivity contribution in [3.05, 3.63) is 79.9 Å². The van der Waals surface area contributed by atoms with Crippen LogP contribution in [0.4, 0.5) is 0 Å². The van der Waals surface area contributed by atoms with Crippen LogP contribution >= 0.6 is 22.6 Å². The van der Waals surface area contributed by atoms with Gasteiger partial charge in [0.25, 0.3) is 0 Å². The number of hydrogen-bond donors (Lipinski definition) is 2. The zero-order valence-electron chi connectivity index (χ0n) is 29.5. The molecule has 8 heteroatoms. The molecule has 0 spiro atoms. The molecule has 0 radical (unpaired) electrons. The molecule has 0 aliphatic heterocycles. The van der Waals surface area contributed by atoms with Crippen LogP contribution in [0.15, 0.2) is 52.1 Å². The fourth-order valence-electron chi connectivity index (χ4n) is 5.97. The Morgan fingerprint density at radius 2 is 1.07 bits per heavy atom. The summed E-state index contributed by atoms with van der Waals surface area (Å²) >= 11 is 2.14. The van der Waals surface area contributed by atoms with E-state index in [2.05, 4.69) is 103 Å². The van der Waals surface area contributed by atoms with Crippen LogP contribution in [-0.4, -0.2) is 30.5 Å². The largest absolute Gasteiger partial charge is 1.00 e. The Labute approximate surface area is 333 Å². The molecule has 0 fully saturated rings. The predicted octanol–water partition coefficient (Wildman–Crippen LogP) is 0.844. The first kappa shape index (κ1) is 47.7. The molecular weight excluding hydrogens is 692 g/mol. The molecule has 2 N–H and O–H groups in total. The fourth-order valence-corrected chi connectivity index (χ4v) is 6.16. The van der Waals surface area contributed by atoms with E-state index in [4.69, 9.17) is 10.2 Å². The average Bonchev–Trinajstić information content (AvgIpc) is 2.90. The Balaban J connectivity index is 0. The molecule has 0 atom stereocenters. The van der Waals surface area contributed by atoms with Crippen molar-refractivity contribution in [3.8, 4) is 0 Å². The summed E-state index contributed by atoms with van der Waals surface area (Å²) in [5, 5.41) is 39.3. The molecule has 0 aromatic heterocycles. The second kappa shape index (κ2) is 19.7. The van der Waals surface area contributed by atoms with Crippen molar-refractivity contribution >= 4 is 40.7 Å². The molecule has 0 saturated heterocycles. The molecule has 2 aliphatic rings. The number of benzene rings is 2.